The number of halogens is 21. The van der Waals surface area contributed by atoms with E-state index in [1.54, 1.807) is 0 Å². The average Bonchev–Trinajstić information content (AvgIpc) is 3.17. The Morgan fingerprint density at radius 3 is 0.438 bits per heavy atom. The molecular weight excluding hydrogens is 1110 g/mol. The van der Waals surface area contributed by atoms with Gasteiger partial charge in [0.25, 0.3) is 0 Å². The van der Waals surface area contributed by atoms with Crippen molar-refractivity contribution < 1.29 is 153 Å². The van der Waals surface area contributed by atoms with Gasteiger partial charge in [0.15, 0.2) is 122 Å². The van der Waals surface area contributed by atoms with E-state index in [9.17, 15) is 131 Å². The summed E-state index contributed by atoms with van der Waals surface area (Å²) < 4.78 is 375. The maximum Gasteiger partial charge on any atom is 0.198 e. The van der Waals surface area contributed by atoms with Crippen LogP contribution in [0.4, 0.5) is 92.2 Å². The molecule has 0 aliphatic carbocycles. The molecule has 1 radical (unpaired) electrons. The molecule has 0 aliphatic rings. The van der Waals surface area contributed by atoms with Gasteiger partial charge in [-0.15, -0.1) is 0 Å². The molecule has 0 saturated carbocycles. The molecule has 0 amide bonds. The molecule has 6 aromatic rings. The smallest absolute Gasteiger partial charge is 0.198 e. The van der Waals surface area contributed by atoms with Gasteiger partial charge in [0.05, 0.1) is 16.2 Å². The van der Waals surface area contributed by atoms with Crippen molar-refractivity contribution in [1.82, 2.24) is 0 Å². The van der Waals surface area contributed by atoms with Gasteiger partial charge in [-0.1, -0.05) is 0 Å². The van der Waals surface area contributed by atoms with Gasteiger partial charge >= 0.3 is 0 Å². The predicted octanol–water partition coefficient (Wildman–Crippen LogP) is 8.15. The third-order valence-electron chi connectivity index (χ3n) is 7.65. The van der Waals surface area contributed by atoms with E-state index in [1.165, 1.54) is 0 Å². The summed E-state index contributed by atoms with van der Waals surface area (Å²) in [6.45, 7) is 0. The first-order valence-electron chi connectivity index (χ1n) is 14.3. The van der Waals surface area contributed by atoms with Crippen LogP contribution in [0, 0.1) is 122 Å². The minimum absolute atomic E-state index is 0. The molecule has 0 saturated heterocycles. The minimum Gasteiger partial charge on any atom is -0.744 e. The second-order valence-electron chi connectivity index (χ2n) is 11.2. The molecule has 0 aliphatic heterocycles. The van der Waals surface area contributed by atoms with Crippen molar-refractivity contribution in [1.29, 1.82) is 0 Å². The molecule has 6 aromatic carbocycles. The van der Waals surface area contributed by atoms with Gasteiger partial charge in [-0.05, 0) is 0 Å². The second-order valence-corrected chi connectivity index (χ2v) is 15.1. The van der Waals surface area contributed by atoms with Crippen molar-refractivity contribution in [3.63, 3.8) is 0 Å². The van der Waals surface area contributed by atoms with Gasteiger partial charge in [-0.25, -0.2) is 117 Å². The van der Waals surface area contributed by atoms with E-state index in [1.807, 2.05) is 0 Å². The molecule has 0 unspecified atom stereocenters. The quantitative estimate of drug-likeness (QED) is 0.0558. The molecule has 0 atom stereocenters. The molecule has 9 nitrogen and oxygen atoms in total. The SMILES string of the molecule is O=S(=O)([O-])c1c(F)c(F)c(F)c2c(F)c(F)c(F)c(F)c12.O=S(=O)([O-])c1c(F)c(F)c(F)c2c(F)c(F)c(F)c(F)c12.O=S(=O)([O-])c1c(F)c(F)c(F)c2c(F)c(F)c(F)c(F)c12.[Ag]. The fraction of sp³-hybridized carbons (Fsp3) is 0. The summed E-state index contributed by atoms with van der Waals surface area (Å²) in [5.41, 5.74) is 0. The zero-order chi connectivity index (χ0) is 48.8. The second kappa shape index (κ2) is 17.8. The third-order valence-corrected chi connectivity index (χ3v) is 10.3. The summed E-state index contributed by atoms with van der Waals surface area (Å²) in [5, 5.41) is -12.2. The summed E-state index contributed by atoms with van der Waals surface area (Å²) in [5.74, 6) is -54.2. The van der Waals surface area contributed by atoms with Crippen LogP contribution in [0.2, 0.25) is 0 Å². The number of hydrogen-bond donors (Lipinski definition) is 0. The molecule has 6 rings (SSSR count). The van der Waals surface area contributed by atoms with Crippen molar-refractivity contribution in [3.05, 3.63) is 122 Å². The number of rotatable bonds is 3. The Kier molecular flexibility index (Phi) is 14.9. The molecule has 0 spiro atoms. The molecule has 0 aromatic heterocycles. The summed E-state index contributed by atoms with van der Waals surface area (Å²) in [4.78, 5) is -7.06. The maximum atomic E-state index is 13.5. The zero-order valence-corrected chi connectivity index (χ0v) is 32.1. The predicted molar refractivity (Wildman–Crippen MR) is 155 cm³/mol. The van der Waals surface area contributed by atoms with Crippen molar-refractivity contribution in [2.24, 2.45) is 0 Å². The largest absolute Gasteiger partial charge is 0.744 e. The normalized spacial score (nSPS) is 12.0. The van der Waals surface area contributed by atoms with E-state index >= 15 is 0 Å². The third kappa shape index (κ3) is 8.54. The summed E-state index contributed by atoms with van der Waals surface area (Å²) in [7, 11) is -18.0. The Morgan fingerprint density at radius 2 is 0.312 bits per heavy atom. The van der Waals surface area contributed by atoms with Crippen molar-refractivity contribution in [2.45, 2.75) is 14.7 Å². The van der Waals surface area contributed by atoms with Gasteiger partial charge < -0.3 is 13.7 Å². The van der Waals surface area contributed by atoms with Gasteiger partial charge in [-0.2, -0.15) is 0 Å². The Balaban J connectivity index is 0.000000253. The first kappa shape index (κ1) is 53.4. The van der Waals surface area contributed by atoms with Crippen LogP contribution in [0.3, 0.4) is 0 Å². The van der Waals surface area contributed by atoms with Crippen LogP contribution in [-0.2, 0) is 52.7 Å². The van der Waals surface area contributed by atoms with Crippen LogP contribution < -0.4 is 0 Å². The summed E-state index contributed by atoms with van der Waals surface area (Å²) in [6, 6.07) is 0. The Morgan fingerprint density at radius 1 is 0.203 bits per heavy atom. The molecule has 0 N–H and O–H groups in total. The summed E-state index contributed by atoms with van der Waals surface area (Å²) >= 11 is 0. The van der Waals surface area contributed by atoms with E-state index in [-0.39, 0.29) is 22.4 Å². The average molecular weight is 1110 g/mol. The van der Waals surface area contributed by atoms with E-state index in [0.717, 1.165) is 0 Å². The number of fused-ring (bicyclic) bond motifs is 3. The standard InChI is InChI=1S/3C10HF7O3S.Ag/c3*11-3-1-2(5(13)7(15)6(3)14)10(21(18,19)20)9(17)8(16)4(1)12;/h3*(H,18,19,20);/p-3. The Labute approximate surface area is 352 Å². The molecule has 34 heteroatoms. The van der Waals surface area contributed by atoms with Gasteiger partial charge in [0, 0.05) is 38.5 Å². The van der Waals surface area contributed by atoms with Gasteiger partial charge in [0.2, 0.25) is 0 Å². The van der Waals surface area contributed by atoms with Crippen molar-refractivity contribution in [2.75, 3.05) is 0 Å². The van der Waals surface area contributed by atoms with Gasteiger partial charge in [-0.3, -0.25) is 0 Å². The van der Waals surface area contributed by atoms with Gasteiger partial charge in [0.1, 0.15) is 45.0 Å². The van der Waals surface area contributed by atoms with E-state index < -0.39 is 200 Å². The van der Waals surface area contributed by atoms with Crippen LogP contribution in [-0.4, -0.2) is 38.9 Å². The van der Waals surface area contributed by atoms with Crippen LogP contribution >= 0.6 is 0 Å². The Bertz CT molecular complexity index is 3010. The van der Waals surface area contributed by atoms with Crippen molar-refractivity contribution in [3.8, 4) is 0 Å². The molecule has 64 heavy (non-hydrogen) atoms. The first-order valence-corrected chi connectivity index (χ1v) is 18.6. The maximum absolute atomic E-state index is 13.5. The van der Waals surface area contributed by atoms with Crippen LogP contribution in [0.1, 0.15) is 0 Å². The summed E-state index contributed by atoms with van der Waals surface area (Å²) in [6.07, 6.45) is 0. The van der Waals surface area contributed by atoms with Crippen molar-refractivity contribution >= 4 is 62.7 Å². The number of hydrogen-bond acceptors (Lipinski definition) is 9. The molecule has 0 bridgehead atoms. The van der Waals surface area contributed by atoms with Crippen LogP contribution in [0.25, 0.3) is 32.3 Å². The monoisotopic (exact) mass is 1110 g/mol. The van der Waals surface area contributed by atoms with E-state index in [2.05, 4.69) is 0 Å². The molecule has 0 fully saturated rings. The number of benzene rings is 6. The first-order chi connectivity index (χ1) is 28.5. The molecule has 0 heterocycles. The van der Waals surface area contributed by atoms with E-state index in [0.29, 0.717) is 0 Å². The minimum atomic E-state index is -6.00. The zero-order valence-electron chi connectivity index (χ0n) is 28.1. The van der Waals surface area contributed by atoms with Crippen LogP contribution in [0.5, 0.6) is 0 Å². The van der Waals surface area contributed by atoms with Crippen LogP contribution in [0.15, 0.2) is 14.7 Å². The molecular formula is C30AgF21O9S3-3. The fourth-order valence-electron chi connectivity index (χ4n) is 5.10. The van der Waals surface area contributed by atoms with E-state index in [4.69, 9.17) is 0 Å². The Hall–Kier alpha value is -4.90. The topological polar surface area (TPSA) is 172 Å². The fourth-order valence-corrected chi connectivity index (χ4v) is 7.36. The molecule has 353 valence electrons.